The maximum Gasteiger partial charge on any atom is 0.317 e. The van der Waals surface area contributed by atoms with E-state index in [0.717, 1.165) is 5.01 Å². The van der Waals surface area contributed by atoms with Gasteiger partial charge in [-0.1, -0.05) is 0 Å². The predicted molar refractivity (Wildman–Crippen MR) is 78.5 cm³/mol. The fraction of sp³-hybridized carbons (Fsp3) is 0.267. The molecule has 21 heavy (non-hydrogen) atoms. The van der Waals surface area contributed by atoms with Gasteiger partial charge >= 0.3 is 5.97 Å². The molecule has 108 valence electrons. The molecule has 0 spiro atoms. The van der Waals surface area contributed by atoms with Crippen molar-refractivity contribution in [3.63, 3.8) is 0 Å². The first-order valence-corrected chi connectivity index (χ1v) is 7.29. The second-order valence-electron chi connectivity index (χ2n) is 4.22. The Kier molecular flexibility index (Phi) is 4.90. The minimum atomic E-state index is -0.411. The lowest BCUT2D eigenvalue weighted by atomic mass is 10.2. The number of benzene rings is 1. The van der Waals surface area contributed by atoms with Crippen LogP contribution in [-0.2, 0) is 11.2 Å². The summed E-state index contributed by atoms with van der Waals surface area (Å²) in [5.41, 5.74) is 1.14. The van der Waals surface area contributed by atoms with Crippen LogP contribution in [0.15, 0.2) is 23.6 Å². The third-order valence-electron chi connectivity index (χ3n) is 2.59. The van der Waals surface area contributed by atoms with Gasteiger partial charge in [-0.05, 0) is 26.0 Å². The molecule has 0 saturated carbocycles. The summed E-state index contributed by atoms with van der Waals surface area (Å²) in [5.74, 6) is 0.290. The lowest BCUT2D eigenvalue weighted by molar-refractivity contribution is -0.133. The molecule has 0 aliphatic heterocycles. The Bertz CT molecular complexity index is 688. The third-order valence-corrected chi connectivity index (χ3v) is 3.41. The Balaban J connectivity index is 2.11. The van der Waals surface area contributed by atoms with Gasteiger partial charge in [0.1, 0.15) is 0 Å². The smallest absolute Gasteiger partial charge is 0.317 e. The minimum Gasteiger partial charge on any atom is -0.490 e. The quantitative estimate of drug-likeness (QED) is 0.627. The van der Waals surface area contributed by atoms with Crippen molar-refractivity contribution >= 4 is 17.3 Å². The number of rotatable bonds is 5. The van der Waals surface area contributed by atoms with Gasteiger partial charge in [-0.15, -0.1) is 11.3 Å². The van der Waals surface area contributed by atoms with E-state index in [1.807, 2.05) is 25.3 Å². The molecule has 0 bridgehead atoms. The lowest BCUT2D eigenvalue weighted by Gasteiger charge is -2.10. The van der Waals surface area contributed by atoms with Crippen LogP contribution >= 0.6 is 11.3 Å². The zero-order chi connectivity index (χ0) is 15.2. The third kappa shape index (κ3) is 4.04. The standard InChI is InChI=1S/C15H14N2O3S/c1-3-19-14-6-11(8-16)4-5-13(14)20-15(18)7-12-9-21-10(2)17-12/h4-6,9H,3,7H2,1-2H3. The summed E-state index contributed by atoms with van der Waals surface area (Å²) in [4.78, 5) is 16.1. The molecule has 0 saturated heterocycles. The molecule has 0 aliphatic rings. The Morgan fingerprint density at radius 3 is 2.86 bits per heavy atom. The maximum atomic E-state index is 11.9. The summed E-state index contributed by atoms with van der Waals surface area (Å²) >= 11 is 1.49. The summed E-state index contributed by atoms with van der Waals surface area (Å²) in [6.07, 6.45) is 0.107. The van der Waals surface area contributed by atoms with Gasteiger partial charge in [0, 0.05) is 11.4 Å². The van der Waals surface area contributed by atoms with Crippen LogP contribution in [0.5, 0.6) is 11.5 Å². The number of carbonyl (C=O) groups excluding carboxylic acids is 1. The highest BCUT2D eigenvalue weighted by atomic mass is 32.1. The van der Waals surface area contributed by atoms with E-state index in [4.69, 9.17) is 14.7 Å². The fourth-order valence-electron chi connectivity index (χ4n) is 1.73. The first-order chi connectivity index (χ1) is 10.1. The number of thiazole rings is 1. The van der Waals surface area contributed by atoms with Crippen LogP contribution in [0.1, 0.15) is 23.2 Å². The van der Waals surface area contributed by atoms with E-state index in [-0.39, 0.29) is 6.42 Å². The molecule has 0 amide bonds. The zero-order valence-corrected chi connectivity index (χ0v) is 12.6. The van der Waals surface area contributed by atoms with Gasteiger partial charge in [-0.3, -0.25) is 4.79 Å². The van der Waals surface area contributed by atoms with Gasteiger partial charge in [0.25, 0.3) is 0 Å². The van der Waals surface area contributed by atoms with Gasteiger partial charge < -0.3 is 9.47 Å². The number of nitrogens with zero attached hydrogens (tertiary/aromatic N) is 2. The molecule has 1 aromatic carbocycles. The number of ether oxygens (including phenoxy) is 2. The highest BCUT2D eigenvalue weighted by Crippen LogP contribution is 2.28. The van der Waals surface area contributed by atoms with Crippen LogP contribution in [0.2, 0.25) is 0 Å². The largest absolute Gasteiger partial charge is 0.490 e. The van der Waals surface area contributed by atoms with E-state index in [0.29, 0.717) is 29.4 Å². The van der Waals surface area contributed by atoms with Crippen molar-refractivity contribution in [2.24, 2.45) is 0 Å². The van der Waals surface area contributed by atoms with Crippen molar-refractivity contribution in [1.29, 1.82) is 5.26 Å². The SMILES string of the molecule is CCOc1cc(C#N)ccc1OC(=O)Cc1csc(C)n1. The number of esters is 1. The highest BCUT2D eigenvalue weighted by molar-refractivity contribution is 7.09. The predicted octanol–water partition coefficient (Wildman–Crippen LogP) is 2.87. The van der Waals surface area contributed by atoms with Gasteiger partial charge in [0.2, 0.25) is 0 Å². The molecule has 0 unspecified atom stereocenters. The molecule has 1 aromatic heterocycles. The summed E-state index contributed by atoms with van der Waals surface area (Å²) in [6, 6.07) is 6.72. The normalized spacial score (nSPS) is 9.95. The van der Waals surface area contributed by atoms with Crippen LogP contribution in [0, 0.1) is 18.3 Å². The molecule has 1 heterocycles. The molecule has 6 heteroatoms. The first-order valence-electron chi connectivity index (χ1n) is 6.41. The van der Waals surface area contributed by atoms with Crippen molar-refractivity contribution in [2.45, 2.75) is 20.3 Å². The van der Waals surface area contributed by atoms with E-state index in [1.54, 1.807) is 18.2 Å². The van der Waals surface area contributed by atoms with Crippen LogP contribution in [0.4, 0.5) is 0 Å². The molecule has 2 aromatic rings. The molecular formula is C15H14N2O3S. The number of nitriles is 1. The Labute approximate surface area is 126 Å². The number of aryl methyl sites for hydroxylation is 1. The monoisotopic (exact) mass is 302 g/mol. The van der Waals surface area contributed by atoms with E-state index in [9.17, 15) is 4.79 Å². The number of hydrogen-bond donors (Lipinski definition) is 0. The average molecular weight is 302 g/mol. The number of carbonyl (C=O) groups is 1. The fourth-order valence-corrected chi connectivity index (χ4v) is 2.34. The van der Waals surface area contributed by atoms with Crippen LogP contribution in [-0.4, -0.2) is 17.6 Å². The van der Waals surface area contributed by atoms with E-state index >= 15 is 0 Å². The van der Waals surface area contributed by atoms with Gasteiger partial charge in [-0.2, -0.15) is 5.26 Å². The minimum absolute atomic E-state index is 0.107. The maximum absolute atomic E-state index is 11.9. The molecule has 0 N–H and O–H groups in total. The highest BCUT2D eigenvalue weighted by Gasteiger charge is 2.13. The Morgan fingerprint density at radius 2 is 2.24 bits per heavy atom. The molecule has 2 rings (SSSR count). The number of hydrogen-bond acceptors (Lipinski definition) is 6. The van der Waals surface area contributed by atoms with Crippen LogP contribution in [0.25, 0.3) is 0 Å². The molecule has 0 fully saturated rings. The molecule has 0 atom stereocenters. The molecular weight excluding hydrogens is 288 g/mol. The first kappa shape index (κ1) is 15.0. The summed E-state index contributed by atoms with van der Waals surface area (Å²) in [7, 11) is 0. The Hall–Kier alpha value is -2.39. The lowest BCUT2D eigenvalue weighted by Crippen LogP contribution is -2.12. The van der Waals surface area contributed by atoms with Crippen molar-refractivity contribution < 1.29 is 14.3 Å². The van der Waals surface area contributed by atoms with Gasteiger partial charge in [0.05, 0.1) is 35.4 Å². The van der Waals surface area contributed by atoms with Crippen molar-refractivity contribution in [3.05, 3.63) is 39.8 Å². The van der Waals surface area contributed by atoms with Crippen molar-refractivity contribution in [3.8, 4) is 17.6 Å². The summed E-state index contributed by atoms with van der Waals surface area (Å²) in [5, 5.41) is 11.6. The van der Waals surface area contributed by atoms with E-state index in [1.165, 1.54) is 11.3 Å². The van der Waals surface area contributed by atoms with Crippen LogP contribution in [0.3, 0.4) is 0 Å². The second-order valence-corrected chi connectivity index (χ2v) is 5.28. The number of aromatic nitrogens is 1. The topological polar surface area (TPSA) is 72.2 Å². The van der Waals surface area contributed by atoms with Crippen LogP contribution < -0.4 is 9.47 Å². The molecule has 5 nitrogen and oxygen atoms in total. The van der Waals surface area contributed by atoms with E-state index < -0.39 is 5.97 Å². The Morgan fingerprint density at radius 1 is 1.43 bits per heavy atom. The average Bonchev–Trinajstić information content (AvgIpc) is 2.86. The van der Waals surface area contributed by atoms with Crippen molar-refractivity contribution in [2.75, 3.05) is 6.61 Å². The van der Waals surface area contributed by atoms with E-state index in [2.05, 4.69) is 4.98 Å². The summed E-state index contributed by atoms with van der Waals surface area (Å²) in [6.45, 7) is 4.13. The summed E-state index contributed by atoms with van der Waals surface area (Å²) < 4.78 is 10.7. The molecule has 0 radical (unpaired) electrons. The molecule has 0 aliphatic carbocycles. The van der Waals surface area contributed by atoms with Gasteiger partial charge in [0.15, 0.2) is 11.5 Å². The second kappa shape index (κ2) is 6.86. The zero-order valence-electron chi connectivity index (χ0n) is 11.8. The van der Waals surface area contributed by atoms with Gasteiger partial charge in [-0.25, -0.2) is 4.98 Å². The van der Waals surface area contributed by atoms with Crippen molar-refractivity contribution in [1.82, 2.24) is 4.98 Å².